The minimum Gasteiger partial charge on any atom is -0.462 e. The lowest BCUT2D eigenvalue weighted by atomic mass is 10.0. The Bertz CT molecular complexity index is 2410. The predicted molar refractivity (Wildman–Crippen MR) is 418 cm³/mol. The number of rotatable bonds is 74. The van der Waals surface area contributed by atoms with Gasteiger partial charge in [0.2, 0.25) is 0 Å². The van der Waals surface area contributed by atoms with E-state index in [2.05, 4.69) is 149 Å². The number of unbranched alkanes of at least 4 members (excludes halogenated alkanes) is 28. The maximum Gasteiger partial charge on any atom is 0.472 e. The van der Waals surface area contributed by atoms with E-state index in [0.29, 0.717) is 25.7 Å². The molecule has 0 amide bonds. The molecule has 5 atom stereocenters. The van der Waals surface area contributed by atoms with Crippen LogP contribution in [0.5, 0.6) is 0 Å². The largest absolute Gasteiger partial charge is 0.472 e. The minimum absolute atomic E-state index is 0.0642. The van der Waals surface area contributed by atoms with E-state index in [0.717, 1.165) is 173 Å². The molecule has 586 valence electrons. The van der Waals surface area contributed by atoms with Gasteiger partial charge in [0, 0.05) is 25.7 Å². The Morgan fingerprint density at radius 1 is 0.284 bits per heavy atom. The molecule has 17 nitrogen and oxygen atoms in total. The van der Waals surface area contributed by atoms with Gasteiger partial charge in [0.15, 0.2) is 12.2 Å². The number of allylic oxidation sites excluding steroid dienone is 20. The van der Waals surface area contributed by atoms with Gasteiger partial charge in [0.25, 0.3) is 0 Å². The average Bonchev–Trinajstić information content (AvgIpc) is 0.919. The van der Waals surface area contributed by atoms with Crippen molar-refractivity contribution >= 4 is 39.5 Å². The molecule has 0 aromatic heterocycles. The molecule has 0 bridgehead atoms. The molecule has 102 heavy (non-hydrogen) atoms. The highest BCUT2D eigenvalue weighted by Crippen LogP contribution is 2.45. The van der Waals surface area contributed by atoms with Gasteiger partial charge in [-0.05, 0) is 135 Å². The molecular formula is C83H142O17P2. The SMILES string of the molecule is CC/C=C\C/C=C\C/C=C\C/C=C\CCCCC(=O)OCC(COP(=O)(O)OCC(O)COP(=O)(O)OCC(COC(=O)CCCCCCCC/C=C\C/C=C\C/C=C\CCCCC)OC(=O)CCCCCCCCCCCCCCC)OC(=O)CCCCCCC/C=C\C/C=C\C/C=C\CC. The third-order valence-corrected chi connectivity index (χ3v) is 18.3. The topological polar surface area (TPSA) is 237 Å². The lowest BCUT2D eigenvalue weighted by Gasteiger charge is -2.21. The van der Waals surface area contributed by atoms with Crippen LogP contribution in [0, 0.1) is 0 Å². The van der Waals surface area contributed by atoms with Crippen LogP contribution in [0.15, 0.2) is 122 Å². The summed E-state index contributed by atoms with van der Waals surface area (Å²) in [4.78, 5) is 73.0. The Hall–Kier alpha value is -4.54. The number of aliphatic hydroxyl groups is 1. The van der Waals surface area contributed by atoms with E-state index < -0.39 is 97.5 Å². The summed E-state index contributed by atoms with van der Waals surface area (Å²) >= 11 is 0. The molecular weight excluding hydrogens is 1330 g/mol. The number of aliphatic hydroxyl groups excluding tert-OH is 1. The van der Waals surface area contributed by atoms with E-state index >= 15 is 0 Å². The maximum absolute atomic E-state index is 13.1. The van der Waals surface area contributed by atoms with Crippen molar-refractivity contribution in [3.8, 4) is 0 Å². The molecule has 19 heteroatoms. The first-order chi connectivity index (χ1) is 49.7. The number of esters is 4. The zero-order valence-electron chi connectivity index (χ0n) is 64.0. The molecule has 0 heterocycles. The van der Waals surface area contributed by atoms with E-state index in [1.54, 1.807) is 0 Å². The lowest BCUT2D eigenvalue weighted by molar-refractivity contribution is -0.161. The normalized spacial score (nSPS) is 14.5. The molecule has 0 aliphatic rings. The fraction of sp³-hybridized carbons (Fsp3) is 0.711. The Kier molecular flexibility index (Phi) is 71.4. The third-order valence-electron chi connectivity index (χ3n) is 16.4. The van der Waals surface area contributed by atoms with Crippen molar-refractivity contribution in [2.75, 3.05) is 39.6 Å². The molecule has 5 unspecified atom stereocenters. The third kappa shape index (κ3) is 73.8. The molecule has 0 aliphatic heterocycles. The second-order valence-electron chi connectivity index (χ2n) is 26.2. The van der Waals surface area contributed by atoms with E-state index in [-0.39, 0.29) is 25.7 Å². The van der Waals surface area contributed by atoms with Crippen molar-refractivity contribution < 1.29 is 80.2 Å². The van der Waals surface area contributed by atoms with Crippen molar-refractivity contribution in [2.24, 2.45) is 0 Å². The smallest absolute Gasteiger partial charge is 0.462 e. The second kappa shape index (κ2) is 74.7. The van der Waals surface area contributed by atoms with Crippen LogP contribution < -0.4 is 0 Å². The number of phosphoric acid groups is 2. The van der Waals surface area contributed by atoms with Crippen molar-refractivity contribution in [1.82, 2.24) is 0 Å². The number of hydrogen-bond acceptors (Lipinski definition) is 15. The average molecular weight is 1470 g/mol. The van der Waals surface area contributed by atoms with E-state index in [9.17, 15) is 43.2 Å². The van der Waals surface area contributed by atoms with Crippen LogP contribution in [0.25, 0.3) is 0 Å². The molecule has 0 aromatic rings. The van der Waals surface area contributed by atoms with Crippen LogP contribution in [0.3, 0.4) is 0 Å². The second-order valence-corrected chi connectivity index (χ2v) is 29.2. The van der Waals surface area contributed by atoms with Gasteiger partial charge in [0.1, 0.15) is 19.3 Å². The standard InChI is InChI=1S/C83H142O17P2/c1-5-9-13-17-21-25-29-33-36-37-38-39-42-45-48-52-56-60-64-68-81(86)94-73-78(99-82(87)69-65-61-57-53-49-43-32-28-24-20-16-12-8-4)75-97-101(89,90)95-71-77(84)72-96-102(91,92)98-76-79(100-83(88)70-66-62-58-54-50-46-41-35-31-27-23-19-15-11-7-3)74-93-80(85)67-63-59-55-51-47-44-40-34-30-26-22-18-14-10-6-2/h10-11,14-15,21-23,25-27,33-36,38-41,47,51,77-79,84H,5-9,12-13,16-20,24,28-32,37,42-46,48-50,52-76H2,1-4H3,(H,89,90)(H,91,92)/b14-10-,15-11-,25-21-,26-22-,27-23-,36-33-,39-38-,40-34-,41-35-,51-47-. The van der Waals surface area contributed by atoms with Gasteiger partial charge in [-0.3, -0.25) is 37.3 Å². The van der Waals surface area contributed by atoms with Crippen molar-refractivity contribution in [2.45, 2.75) is 341 Å². The molecule has 0 radical (unpaired) electrons. The van der Waals surface area contributed by atoms with Gasteiger partial charge >= 0.3 is 39.5 Å². The van der Waals surface area contributed by atoms with Crippen molar-refractivity contribution in [3.63, 3.8) is 0 Å². The number of carbonyl (C=O) groups excluding carboxylic acids is 4. The summed E-state index contributed by atoms with van der Waals surface area (Å²) in [5.74, 6) is -2.25. The Morgan fingerprint density at radius 3 is 0.824 bits per heavy atom. The fourth-order valence-corrected chi connectivity index (χ4v) is 12.0. The van der Waals surface area contributed by atoms with Crippen LogP contribution in [-0.2, 0) is 65.4 Å². The van der Waals surface area contributed by atoms with Gasteiger partial charge in [-0.2, -0.15) is 0 Å². The van der Waals surface area contributed by atoms with Gasteiger partial charge in [0.05, 0.1) is 26.4 Å². The molecule has 0 saturated carbocycles. The summed E-state index contributed by atoms with van der Waals surface area (Å²) in [6, 6.07) is 0. The summed E-state index contributed by atoms with van der Waals surface area (Å²) in [5, 5.41) is 10.6. The Morgan fingerprint density at radius 2 is 0.510 bits per heavy atom. The summed E-state index contributed by atoms with van der Waals surface area (Å²) < 4.78 is 68.5. The first-order valence-electron chi connectivity index (χ1n) is 39.8. The van der Waals surface area contributed by atoms with E-state index in [1.807, 2.05) is 0 Å². The highest BCUT2D eigenvalue weighted by atomic mass is 31.2. The van der Waals surface area contributed by atoms with Crippen LogP contribution in [0.2, 0.25) is 0 Å². The van der Waals surface area contributed by atoms with Gasteiger partial charge in [-0.1, -0.05) is 284 Å². The molecule has 3 N–H and O–H groups in total. The molecule has 0 rings (SSSR count). The summed E-state index contributed by atoms with van der Waals surface area (Å²) in [7, 11) is -9.97. The first kappa shape index (κ1) is 97.5. The number of carbonyl (C=O) groups is 4. The lowest BCUT2D eigenvalue weighted by Crippen LogP contribution is -2.30. The van der Waals surface area contributed by atoms with E-state index in [1.165, 1.54) is 70.6 Å². The van der Waals surface area contributed by atoms with Crippen LogP contribution in [0.4, 0.5) is 0 Å². The van der Waals surface area contributed by atoms with Crippen LogP contribution in [0.1, 0.15) is 323 Å². The zero-order valence-corrected chi connectivity index (χ0v) is 65.8. The molecule has 0 spiro atoms. The van der Waals surface area contributed by atoms with Crippen LogP contribution in [-0.4, -0.2) is 96.7 Å². The monoisotopic (exact) mass is 1470 g/mol. The summed E-state index contributed by atoms with van der Waals surface area (Å²) in [6.07, 6.45) is 81.8. The molecule has 0 aromatic carbocycles. The fourth-order valence-electron chi connectivity index (χ4n) is 10.4. The first-order valence-corrected chi connectivity index (χ1v) is 42.8. The zero-order chi connectivity index (χ0) is 74.6. The van der Waals surface area contributed by atoms with Crippen LogP contribution >= 0.6 is 15.6 Å². The Balaban J connectivity index is 5.39. The Labute approximate surface area is 619 Å². The number of hydrogen-bond donors (Lipinski definition) is 3. The van der Waals surface area contributed by atoms with E-state index in [4.69, 9.17) is 37.0 Å². The highest BCUT2D eigenvalue weighted by Gasteiger charge is 2.30. The molecule has 0 aliphatic carbocycles. The van der Waals surface area contributed by atoms with Gasteiger partial charge < -0.3 is 33.8 Å². The molecule has 0 saturated heterocycles. The number of phosphoric ester groups is 2. The summed E-state index contributed by atoms with van der Waals surface area (Å²) in [6.45, 7) is 4.56. The predicted octanol–water partition coefficient (Wildman–Crippen LogP) is 23.1. The van der Waals surface area contributed by atoms with Gasteiger partial charge in [-0.25, -0.2) is 9.13 Å². The van der Waals surface area contributed by atoms with Crippen molar-refractivity contribution in [1.29, 1.82) is 0 Å². The maximum atomic E-state index is 13.1. The molecule has 0 fully saturated rings. The summed E-state index contributed by atoms with van der Waals surface area (Å²) in [5.41, 5.74) is 0. The number of ether oxygens (including phenoxy) is 4. The van der Waals surface area contributed by atoms with Gasteiger partial charge in [-0.15, -0.1) is 0 Å². The highest BCUT2D eigenvalue weighted by molar-refractivity contribution is 7.47. The minimum atomic E-state index is -4.99. The quantitative estimate of drug-likeness (QED) is 0.0169. The van der Waals surface area contributed by atoms with Crippen molar-refractivity contribution in [3.05, 3.63) is 122 Å².